The average Bonchev–Trinajstić information content (AvgIpc) is 3.49. The Bertz CT molecular complexity index is 1790. The van der Waals surface area contributed by atoms with E-state index in [-0.39, 0.29) is 5.69 Å². The number of non-ortho nitro benzene ring substituents is 1. The molecule has 0 unspecified atom stereocenters. The van der Waals surface area contributed by atoms with Gasteiger partial charge in [-0.25, -0.2) is 9.67 Å². The largest absolute Gasteiger partial charge is 0.494 e. The van der Waals surface area contributed by atoms with Gasteiger partial charge in [-0.1, -0.05) is 18.2 Å². The summed E-state index contributed by atoms with van der Waals surface area (Å²) < 4.78 is 9.60. The molecule has 3 aromatic carbocycles. The smallest absolute Gasteiger partial charge is 0.269 e. The number of nitro groups is 1. The van der Waals surface area contributed by atoms with E-state index in [2.05, 4.69) is 24.5 Å². The van der Waals surface area contributed by atoms with Crippen molar-refractivity contribution in [1.82, 2.24) is 9.24 Å². The first kappa shape index (κ1) is 27.8. The Labute approximate surface area is 242 Å². The number of hydrogen-bond donors (Lipinski definition) is 0. The van der Waals surface area contributed by atoms with Gasteiger partial charge in [0.1, 0.15) is 5.75 Å². The number of nitrogens with zero attached hydrogens (tertiary/aromatic N) is 5. The van der Waals surface area contributed by atoms with Crippen molar-refractivity contribution in [2.75, 3.05) is 6.61 Å². The van der Waals surface area contributed by atoms with Crippen LogP contribution in [0, 0.1) is 37.8 Å². The van der Waals surface area contributed by atoms with Crippen LogP contribution in [0.2, 0.25) is 0 Å². The van der Waals surface area contributed by atoms with E-state index in [0.29, 0.717) is 11.4 Å². The number of nitro benzene ring substituents is 1. The van der Waals surface area contributed by atoms with Crippen LogP contribution in [-0.2, 0) is 0 Å². The Balaban J connectivity index is 1.60. The molecule has 0 aliphatic rings. The Morgan fingerprint density at radius 1 is 0.976 bits per heavy atom. The first-order valence-electron chi connectivity index (χ1n) is 13.3. The van der Waals surface area contributed by atoms with Crippen LogP contribution in [0.3, 0.4) is 0 Å². The van der Waals surface area contributed by atoms with E-state index in [1.807, 2.05) is 74.8 Å². The van der Waals surface area contributed by atoms with Crippen molar-refractivity contribution in [2.24, 2.45) is 10.1 Å². The van der Waals surface area contributed by atoms with Crippen LogP contribution in [0.4, 0.5) is 11.4 Å². The summed E-state index contributed by atoms with van der Waals surface area (Å²) in [6, 6.07) is 22.8. The molecule has 2 aromatic heterocycles. The van der Waals surface area contributed by atoms with Gasteiger partial charge >= 0.3 is 0 Å². The maximum atomic E-state index is 11.2. The second-order valence-corrected chi connectivity index (χ2v) is 10.5. The first-order valence-corrected chi connectivity index (χ1v) is 14.2. The van der Waals surface area contributed by atoms with E-state index in [1.54, 1.807) is 16.8 Å². The molecule has 0 aliphatic carbocycles. The van der Waals surface area contributed by atoms with Crippen molar-refractivity contribution < 1.29 is 9.66 Å². The van der Waals surface area contributed by atoms with Crippen molar-refractivity contribution in [2.45, 2.75) is 34.6 Å². The number of ether oxygens (including phenoxy) is 1. The third-order valence-corrected chi connectivity index (χ3v) is 7.71. The quantitative estimate of drug-likeness (QED) is 0.110. The van der Waals surface area contributed by atoms with E-state index < -0.39 is 4.92 Å². The molecule has 9 heteroatoms. The Kier molecular flexibility index (Phi) is 7.98. The molecule has 0 radical (unpaired) electrons. The minimum Gasteiger partial charge on any atom is -0.494 e. The molecule has 8 nitrogen and oxygen atoms in total. The Hall–Kier alpha value is -4.76. The minimum atomic E-state index is -0.397. The van der Waals surface area contributed by atoms with E-state index in [0.717, 1.165) is 56.5 Å². The summed E-state index contributed by atoms with van der Waals surface area (Å²) in [5, 5.41) is 18.1. The van der Waals surface area contributed by atoms with Crippen molar-refractivity contribution in [3.8, 4) is 22.7 Å². The standard InChI is InChI=1S/C32H31N5O3S/c1-6-40-29-16-14-27(15-17-29)35-23(4)18-26(24(35)5)19-33-36-30(25-10-12-28(13-11-25)37(38)39)20-41-32(36)34-31-21(2)8-7-9-22(31)3/h7-20H,6H2,1-5H3. The van der Waals surface area contributed by atoms with E-state index >= 15 is 0 Å². The summed E-state index contributed by atoms with van der Waals surface area (Å²) in [6.07, 6.45) is 1.85. The fourth-order valence-electron chi connectivity index (χ4n) is 4.81. The van der Waals surface area contributed by atoms with Crippen LogP contribution < -0.4 is 9.54 Å². The number of thiazole rings is 1. The number of rotatable bonds is 8. The lowest BCUT2D eigenvalue weighted by Gasteiger charge is -2.11. The van der Waals surface area contributed by atoms with Crippen LogP contribution in [0.25, 0.3) is 16.9 Å². The molecule has 2 heterocycles. The molecule has 208 valence electrons. The fourth-order valence-corrected chi connectivity index (χ4v) is 5.65. The lowest BCUT2D eigenvalue weighted by atomic mass is 10.1. The van der Waals surface area contributed by atoms with Gasteiger partial charge in [-0.15, -0.1) is 11.3 Å². The first-order chi connectivity index (χ1) is 19.8. The topological polar surface area (TPSA) is 87.0 Å². The second kappa shape index (κ2) is 11.8. The van der Waals surface area contributed by atoms with Gasteiger partial charge in [0.15, 0.2) is 0 Å². The zero-order valence-electron chi connectivity index (χ0n) is 23.7. The summed E-state index contributed by atoms with van der Waals surface area (Å²) in [5.41, 5.74) is 8.86. The predicted octanol–water partition coefficient (Wildman–Crippen LogP) is 7.66. The molecule has 5 aromatic rings. The minimum absolute atomic E-state index is 0.0428. The third-order valence-electron chi connectivity index (χ3n) is 6.89. The molecule has 0 fully saturated rings. The molecule has 0 amide bonds. The van der Waals surface area contributed by atoms with Gasteiger partial charge in [-0.05, 0) is 88.2 Å². The summed E-state index contributed by atoms with van der Waals surface area (Å²) in [5.74, 6) is 0.841. The Morgan fingerprint density at radius 2 is 1.66 bits per heavy atom. The summed E-state index contributed by atoms with van der Waals surface area (Å²) in [6.45, 7) is 10.8. The van der Waals surface area contributed by atoms with Gasteiger partial charge < -0.3 is 9.30 Å². The second-order valence-electron chi connectivity index (χ2n) is 9.70. The Morgan fingerprint density at radius 3 is 2.29 bits per heavy atom. The van der Waals surface area contributed by atoms with Gasteiger partial charge in [-0.2, -0.15) is 5.10 Å². The molecule has 41 heavy (non-hydrogen) atoms. The lowest BCUT2D eigenvalue weighted by Crippen LogP contribution is -2.12. The lowest BCUT2D eigenvalue weighted by molar-refractivity contribution is -0.384. The summed E-state index contributed by atoms with van der Waals surface area (Å²) in [4.78, 5) is 16.5. The van der Waals surface area contributed by atoms with Gasteiger partial charge in [-0.3, -0.25) is 10.1 Å². The zero-order chi connectivity index (χ0) is 29.1. The maximum Gasteiger partial charge on any atom is 0.269 e. The summed E-state index contributed by atoms with van der Waals surface area (Å²) >= 11 is 1.48. The number of aromatic nitrogens is 2. The molecular weight excluding hydrogens is 534 g/mol. The highest BCUT2D eigenvalue weighted by Crippen LogP contribution is 2.27. The van der Waals surface area contributed by atoms with Crippen LogP contribution in [-0.4, -0.2) is 27.0 Å². The van der Waals surface area contributed by atoms with Crippen molar-refractivity contribution >= 4 is 28.9 Å². The number of para-hydroxylation sites is 1. The fraction of sp³-hybridized carbons (Fsp3) is 0.188. The number of hydrogen-bond acceptors (Lipinski definition) is 6. The molecule has 0 spiro atoms. The van der Waals surface area contributed by atoms with Gasteiger partial charge in [0, 0.05) is 45.7 Å². The monoisotopic (exact) mass is 565 g/mol. The third kappa shape index (κ3) is 5.76. The predicted molar refractivity (Wildman–Crippen MR) is 165 cm³/mol. The van der Waals surface area contributed by atoms with Crippen LogP contribution in [0.15, 0.2) is 88.3 Å². The average molecular weight is 566 g/mol. The molecule has 0 atom stereocenters. The van der Waals surface area contributed by atoms with Crippen LogP contribution in [0.1, 0.15) is 35.0 Å². The highest BCUT2D eigenvalue weighted by molar-refractivity contribution is 7.07. The van der Waals surface area contributed by atoms with Gasteiger partial charge in [0.25, 0.3) is 5.69 Å². The van der Waals surface area contributed by atoms with Gasteiger partial charge in [0.2, 0.25) is 4.80 Å². The molecule has 0 saturated carbocycles. The molecular formula is C32H31N5O3S. The highest BCUT2D eigenvalue weighted by atomic mass is 32.1. The maximum absolute atomic E-state index is 11.2. The molecule has 0 saturated heterocycles. The molecule has 0 aliphatic heterocycles. The van der Waals surface area contributed by atoms with Crippen molar-refractivity contribution in [1.29, 1.82) is 0 Å². The van der Waals surface area contributed by atoms with Crippen LogP contribution >= 0.6 is 11.3 Å². The van der Waals surface area contributed by atoms with E-state index in [4.69, 9.17) is 14.8 Å². The number of aryl methyl sites for hydroxylation is 3. The number of benzene rings is 3. The summed E-state index contributed by atoms with van der Waals surface area (Å²) in [7, 11) is 0. The van der Waals surface area contributed by atoms with Crippen molar-refractivity contribution in [3.63, 3.8) is 0 Å². The molecule has 0 N–H and O–H groups in total. The van der Waals surface area contributed by atoms with E-state index in [9.17, 15) is 10.1 Å². The molecule has 5 rings (SSSR count). The van der Waals surface area contributed by atoms with Gasteiger partial charge in [0.05, 0.1) is 29.1 Å². The molecule has 0 bridgehead atoms. The highest BCUT2D eigenvalue weighted by Gasteiger charge is 2.13. The van der Waals surface area contributed by atoms with Crippen LogP contribution in [0.5, 0.6) is 5.75 Å². The normalized spacial score (nSPS) is 11.9. The van der Waals surface area contributed by atoms with Crippen molar-refractivity contribution in [3.05, 3.63) is 121 Å². The van der Waals surface area contributed by atoms with E-state index in [1.165, 1.54) is 23.5 Å². The SMILES string of the molecule is CCOc1ccc(-n2c(C)cc(C=Nn3c(-c4ccc([N+](=O)[O-])cc4)csc3=Nc3c(C)cccc3C)c2C)cc1. The zero-order valence-corrected chi connectivity index (χ0v) is 24.5.